The van der Waals surface area contributed by atoms with Gasteiger partial charge in [-0.3, -0.25) is 4.79 Å². The zero-order valence-corrected chi connectivity index (χ0v) is 16.8. The predicted octanol–water partition coefficient (Wildman–Crippen LogP) is 4.89. The molecule has 0 spiro atoms. The first-order valence-corrected chi connectivity index (χ1v) is 9.85. The Morgan fingerprint density at radius 1 is 0.742 bits per heavy atom. The fraction of sp³-hybridized carbons (Fsp3) is 0.0800. The van der Waals surface area contributed by atoms with Crippen molar-refractivity contribution in [3.63, 3.8) is 0 Å². The molecule has 0 fully saturated rings. The van der Waals surface area contributed by atoms with Crippen molar-refractivity contribution in [3.8, 4) is 11.9 Å². The Morgan fingerprint density at radius 2 is 1.29 bits per heavy atom. The van der Waals surface area contributed by atoms with Crippen LogP contribution in [0.2, 0.25) is 0 Å². The molecule has 3 aromatic carbocycles. The maximum Gasteiger partial charge on any atom is 0.320 e. The summed E-state index contributed by atoms with van der Waals surface area (Å²) in [5.41, 5.74) is 2.85. The van der Waals surface area contributed by atoms with Crippen molar-refractivity contribution in [3.05, 3.63) is 114 Å². The summed E-state index contributed by atoms with van der Waals surface area (Å²) in [5, 5.41) is 2.83. The highest BCUT2D eigenvalue weighted by atomic mass is 16.5. The number of ether oxygens (including phenoxy) is 2. The van der Waals surface area contributed by atoms with Gasteiger partial charge in [0.05, 0.1) is 6.20 Å². The Morgan fingerprint density at radius 3 is 1.90 bits per heavy atom. The fourth-order valence-corrected chi connectivity index (χ4v) is 2.85. The molecule has 0 unspecified atom stereocenters. The lowest BCUT2D eigenvalue weighted by Crippen LogP contribution is -2.15. The summed E-state index contributed by atoms with van der Waals surface area (Å²) in [6, 6.07) is 28.7. The Balaban J connectivity index is 1.54. The zero-order chi connectivity index (χ0) is 21.3. The molecule has 0 aliphatic rings. The average molecular weight is 411 g/mol. The van der Waals surface area contributed by atoms with Crippen LogP contribution in [0.3, 0.4) is 0 Å². The molecular weight excluding hydrogens is 390 g/mol. The van der Waals surface area contributed by atoms with Gasteiger partial charge in [0.25, 0.3) is 5.91 Å². The van der Waals surface area contributed by atoms with Crippen LogP contribution in [0.1, 0.15) is 21.5 Å². The highest BCUT2D eigenvalue weighted by Gasteiger charge is 2.17. The summed E-state index contributed by atoms with van der Waals surface area (Å²) in [6.07, 6.45) is 1.42. The molecule has 1 aromatic heterocycles. The van der Waals surface area contributed by atoms with Gasteiger partial charge in [0.1, 0.15) is 18.8 Å². The van der Waals surface area contributed by atoms with Crippen molar-refractivity contribution < 1.29 is 14.3 Å². The smallest absolute Gasteiger partial charge is 0.320 e. The van der Waals surface area contributed by atoms with Gasteiger partial charge in [-0.25, -0.2) is 4.98 Å². The second-order valence-corrected chi connectivity index (χ2v) is 6.74. The number of aromatic nitrogens is 2. The zero-order valence-electron chi connectivity index (χ0n) is 16.8. The number of amides is 1. The van der Waals surface area contributed by atoms with Gasteiger partial charge in [-0.15, -0.1) is 0 Å². The van der Waals surface area contributed by atoms with Crippen molar-refractivity contribution in [2.24, 2.45) is 0 Å². The number of nitrogens with zero attached hydrogens (tertiary/aromatic N) is 2. The van der Waals surface area contributed by atoms with Crippen LogP contribution in [0.25, 0.3) is 0 Å². The van der Waals surface area contributed by atoms with Crippen molar-refractivity contribution in [1.82, 2.24) is 9.97 Å². The molecule has 6 nitrogen and oxygen atoms in total. The van der Waals surface area contributed by atoms with Crippen molar-refractivity contribution in [1.29, 1.82) is 0 Å². The van der Waals surface area contributed by atoms with E-state index in [-0.39, 0.29) is 30.0 Å². The van der Waals surface area contributed by atoms with Gasteiger partial charge in [0, 0.05) is 5.69 Å². The third-order valence-electron chi connectivity index (χ3n) is 4.44. The highest BCUT2D eigenvalue weighted by molar-refractivity contribution is 6.05. The van der Waals surface area contributed by atoms with Crippen LogP contribution in [0, 0.1) is 0 Å². The second kappa shape index (κ2) is 10.0. The summed E-state index contributed by atoms with van der Waals surface area (Å²) in [4.78, 5) is 21.4. The highest BCUT2D eigenvalue weighted by Crippen LogP contribution is 2.21. The quantitative estimate of drug-likeness (QED) is 0.447. The van der Waals surface area contributed by atoms with Gasteiger partial charge in [-0.05, 0) is 23.3 Å². The van der Waals surface area contributed by atoms with E-state index < -0.39 is 0 Å². The monoisotopic (exact) mass is 411 g/mol. The summed E-state index contributed by atoms with van der Waals surface area (Å²) in [7, 11) is 0. The summed E-state index contributed by atoms with van der Waals surface area (Å²) in [6.45, 7) is 0.579. The van der Waals surface area contributed by atoms with Gasteiger partial charge >= 0.3 is 6.01 Å². The third kappa shape index (κ3) is 5.67. The Kier molecular flexibility index (Phi) is 6.50. The number of carbonyl (C=O) groups is 1. The standard InChI is InChI=1S/C25H21N3O3/c29-23(27-21-14-8-3-9-15-21)22-16-26-25(31-18-20-12-6-2-7-13-20)28-24(22)30-17-19-10-4-1-5-11-19/h1-16H,17-18H2,(H,27,29). The number of nitrogens with one attached hydrogen (secondary N) is 1. The molecule has 0 saturated heterocycles. The Hall–Kier alpha value is -4.19. The molecule has 1 heterocycles. The number of hydrogen-bond donors (Lipinski definition) is 1. The van der Waals surface area contributed by atoms with Crippen molar-refractivity contribution >= 4 is 11.6 Å². The molecule has 0 aliphatic carbocycles. The second-order valence-electron chi connectivity index (χ2n) is 6.74. The van der Waals surface area contributed by atoms with E-state index in [2.05, 4.69) is 15.3 Å². The minimum absolute atomic E-state index is 0.142. The van der Waals surface area contributed by atoms with E-state index in [1.807, 2.05) is 78.9 Å². The first-order valence-electron chi connectivity index (χ1n) is 9.85. The molecule has 0 aliphatic heterocycles. The SMILES string of the molecule is O=C(Nc1ccccc1)c1cnc(OCc2ccccc2)nc1OCc1ccccc1. The van der Waals surface area contributed by atoms with Gasteiger partial charge in [-0.2, -0.15) is 4.98 Å². The van der Waals surface area contributed by atoms with E-state index in [0.29, 0.717) is 12.3 Å². The number of rotatable bonds is 8. The van der Waals surface area contributed by atoms with Gasteiger partial charge in [0.2, 0.25) is 5.88 Å². The van der Waals surface area contributed by atoms with Gasteiger partial charge in [0.15, 0.2) is 0 Å². The third-order valence-corrected chi connectivity index (χ3v) is 4.44. The van der Waals surface area contributed by atoms with Gasteiger partial charge < -0.3 is 14.8 Å². The number of para-hydroxylation sites is 1. The average Bonchev–Trinajstić information content (AvgIpc) is 2.83. The topological polar surface area (TPSA) is 73.3 Å². The molecule has 1 amide bonds. The van der Waals surface area contributed by atoms with E-state index >= 15 is 0 Å². The minimum Gasteiger partial charge on any atom is -0.472 e. The molecule has 6 heteroatoms. The molecular formula is C25H21N3O3. The Bertz CT molecular complexity index is 1120. The maximum atomic E-state index is 12.8. The van der Waals surface area contributed by atoms with Crippen molar-refractivity contribution in [2.75, 3.05) is 5.32 Å². The predicted molar refractivity (Wildman–Crippen MR) is 118 cm³/mol. The molecule has 0 saturated carbocycles. The number of hydrogen-bond acceptors (Lipinski definition) is 5. The molecule has 31 heavy (non-hydrogen) atoms. The van der Waals surface area contributed by atoms with Crippen molar-refractivity contribution in [2.45, 2.75) is 13.2 Å². The Labute approximate surface area is 180 Å². The lowest BCUT2D eigenvalue weighted by molar-refractivity contribution is 0.102. The van der Waals surface area contributed by atoms with E-state index in [0.717, 1.165) is 11.1 Å². The van der Waals surface area contributed by atoms with Crippen LogP contribution in [-0.2, 0) is 13.2 Å². The van der Waals surface area contributed by atoms with E-state index in [9.17, 15) is 4.79 Å². The van der Waals surface area contributed by atoms with Crippen LogP contribution in [0.5, 0.6) is 11.9 Å². The first-order chi connectivity index (χ1) is 15.3. The molecule has 0 atom stereocenters. The molecule has 4 rings (SSSR count). The maximum absolute atomic E-state index is 12.8. The summed E-state index contributed by atoms with van der Waals surface area (Å²) < 4.78 is 11.6. The largest absolute Gasteiger partial charge is 0.472 e. The van der Waals surface area contributed by atoms with Crippen LogP contribution in [0.4, 0.5) is 5.69 Å². The normalized spacial score (nSPS) is 10.3. The fourth-order valence-electron chi connectivity index (χ4n) is 2.85. The lowest BCUT2D eigenvalue weighted by atomic mass is 10.2. The number of benzene rings is 3. The van der Waals surface area contributed by atoms with Crippen LogP contribution < -0.4 is 14.8 Å². The number of carbonyl (C=O) groups excluding carboxylic acids is 1. The molecule has 0 radical (unpaired) electrons. The minimum atomic E-state index is -0.358. The van der Waals surface area contributed by atoms with Crippen LogP contribution in [-0.4, -0.2) is 15.9 Å². The van der Waals surface area contributed by atoms with E-state index in [1.165, 1.54) is 6.20 Å². The molecule has 0 bridgehead atoms. The first kappa shape index (κ1) is 20.1. The number of anilines is 1. The van der Waals surface area contributed by atoms with Crippen LogP contribution >= 0.6 is 0 Å². The molecule has 4 aromatic rings. The van der Waals surface area contributed by atoms with Gasteiger partial charge in [-0.1, -0.05) is 78.9 Å². The lowest BCUT2D eigenvalue weighted by Gasteiger charge is -2.12. The van der Waals surface area contributed by atoms with Crippen LogP contribution in [0.15, 0.2) is 97.2 Å². The molecule has 154 valence electrons. The molecule has 1 N–H and O–H groups in total. The van der Waals surface area contributed by atoms with E-state index in [1.54, 1.807) is 12.1 Å². The summed E-state index contributed by atoms with van der Waals surface area (Å²) >= 11 is 0. The summed E-state index contributed by atoms with van der Waals surface area (Å²) in [5.74, 6) is -0.195. The van der Waals surface area contributed by atoms with E-state index in [4.69, 9.17) is 9.47 Å².